The highest BCUT2D eigenvalue weighted by Crippen LogP contribution is 2.30. The fraction of sp³-hybridized carbons (Fsp3) is 0.583. The molecule has 5 nitrogen and oxygen atoms in total. The number of nitrogens with one attached hydrogen (secondary N) is 2. The Morgan fingerprint density at radius 2 is 2.11 bits per heavy atom. The van der Waals surface area contributed by atoms with E-state index in [1.807, 2.05) is 6.07 Å². The highest BCUT2D eigenvalue weighted by Gasteiger charge is 2.35. The van der Waals surface area contributed by atoms with Crippen LogP contribution in [0.3, 0.4) is 0 Å². The lowest BCUT2D eigenvalue weighted by Gasteiger charge is -2.11. The number of pyridine rings is 1. The van der Waals surface area contributed by atoms with Gasteiger partial charge in [-0.05, 0) is 37.9 Å². The molecule has 1 atom stereocenters. The van der Waals surface area contributed by atoms with Gasteiger partial charge in [0.1, 0.15) is 0 Å². The summed E-state index contributed by atoms with van der Waals surface area (Å²) in [5.41, 5.74) is 1.61. The summed E-state index contributed by atoms with van der Waals surface area (Å²) in [5.74, 6) is 0.398. The van der Waals surface area contributed by atoms with Crippen LogP contribution >= 0.6 is 12.4 Å². The maximum absolute atomic E-state index is 11.9. The van der Waals surface area contributed by atoms with Crippen LogP contribution in [-0.2, 0) is 10.0 Å². The van der Waals surface area contributed by atoms with Crippen LogP contribution in [0, 0.1) is 0 Å². The standard InChI is InChI=1S/C12H17N3O2S.ClH/c16-18(17,11-1-2-11)15-10-4-6-14-12(7-10)9-3-5-13-8-9;/h4,6-7,9,11,13H,1-3,5,8H2,(H,14,15);1H. The number of rotatable bonds is 4. The van der Waals surface area contributed by atoms with Gasteiger partial charge in [-0.25, -0.2) is 8.42 Å². The summed E-state index contributed by atoms with van der Waals surface area (Å²) in [6.45, 7) is 1.93. The molecule has 7 heteroatoms. The van der Waals surface area contributed by atoms with Crippen molar-refractivity contribution in [3.05, 3.63) is 24.0 Å². The summed E-state index contributed by atoms with van der Waals surface area (Å²) in [6, 6.07) is 3.57. The van der Waals surface area contributed by atoms with Gasteiger partial charge in [-0.3, -0.25) is 9.71 Å². The molecule has 0 aromatic carbocycles. The van der Waals surface area contributed by atoms with Gasteiger partial charge in [0.25, 0.3) is 0 Å². The first-order chi connectivity index (χ1) is 8.65. The Hall–Kier alpha value is -0.850. The van der Waals surface area contributed by atoms with Crippen molar-refractivity contribution in [1.29, 1.82) is 0 Å². The smallest absolute Gasteiger partial charge is 0.235 e. The SMILES string of the molecule is Cl.O=S(=O)(Nc1ccnc(C2CCNC2)c1)C1CC1. The van der Waals surface area contributed by atoms with Gasteiger partial charge in [0.15, 0.2) is 0 Å². The van der Waals surface area contributed by atoms with Crippen molar-refractivity contribution in [2.75, 3.05) is 17.8 Å². The van der Waals surface area contributed by atoms with Gasteiger partial charge >= 0.3 is 0 Å². The summed E-state index contributed by atoms with van der Waals surface area (Å²) in [4.78, 5) is 4.34. The van der Waals surface area contributed by atoms with Gasteiger partial charge in [-0.1, -0.05) is 0 Å². The zero-order valence-electron chi connectivity index (χ0n) is 10.5. The molecule has 3 rings (SSSR count). The fourth-order valence-corrected chi connectivity index (χ4v) is 3.65. The van der Waals surface area contributed by atoms with Crippen LogP contribution in [0.5, 0.6) is 0 Å². The van der Waals surface area contributed by atoms with Gasteiger partial charge in [-0.15, -0.1) is 12.4 Å². The predicted molar refractivity (Wildman–Crippen MR) is 77.3 cm³/mol. The molecule has 1 unspecified atom stereocenters. The number of sulfonamides is 1. The second-order valence-electron chi connectivity index (χ2n) is 5.01. The van der Waals surface area contributed by atoms with Crippen LogP contribution in [0.25, 0.3) is 0 Å². The maximum Gasteiger partial charge on any atom is 0.235 e. The Labute approximate surface area is 119 Å². The van der Waals surface area contributed by atoms with Crippen molar-refractivity contribution >= 4 is 28.1 Å². The minimum absolute atomic E-state index is 0. The molecule has 2 aliphatic rings. The molecule has 0 radical (unpaired) electrons. The number of anilines is 1. The third kappa shape index (κ3) is 3.38. The Morgan fingerprint density at radius 1 is 1.32 bits per heavy atom. The number of halogens is 1. The second-order valence-corrected chi connectivity index (χ2v) is 6.97. The molecule has 0 spiro atoms. The van der Waals surface area contributed by atoms with Crippen molar-refractivity contribution in [2.24, 2.45) is 0 Å². The van der Waals surface area contributed by atoms with Gasteiger partial charge in [0.05, 0.1) is 10.9 Å². The molecule has 2 heterocycles. The van der Waals surface area contributed by atoms with Crippen molar-refractivity contribution in [3.63, 3.8) is 0 Å². The monoisotopic (exact) mass is 303 g/mol. The lowest BCUT2D eigenvalue weighted by atomic mass is 10.0. The molecular formula is C12H18ClN3O2S. The first-order valence-corrected chi connectivity index (χ1v) is 7.88. The van der Waals surface area contributed by atoms with Crippen LogP contribution < -0.4 is 10.0 Å². The Morgan fingerprint density at radius 3 is 2.74 bits per heavy atom. The molecule has 19 heavy (non-hydrogen) atoms. The summed E-state index contributed by atoms with van der Waals surface area (Å²) in [5, 5.41) is 3.10. The molecule has 106 valence electrons. The molecule has 1 saturated carbocycles. The van der Waals surface area contributed by atoms with E-state index in [9.17, 15) is 8.42 Å². The summed E-state index contributed by atoms with van der Waals surface area (Å²) < 4.78 is 26.4. The van der Waals surface area contributed by atoms with E-state index in [-0.39, 0.29) is 17.7 Å². The molecule has 1 saturated heterocycles. The highest BCUT2D eigenvalue weighted by atomic mass is 35.5. The number of nitrogens with zero attached hydrogens (tertiary/aromatic N) is 1. The summed E-state index contributed by atoms with van der Waals surface area (Å²) in [6.07, 6.45) is 4.30. The lowest BCUT2D eigenvalue weighted by Crippen LogP contribution is -2.17. The van der Waals surface area contributed by atoms with E-state index in [0.29, 0.717) is 11.6 Å². The van der Waals surface area contributed by atoms with Crippen molar-refractivity contribution in [3.8, 4) is 0 Å². The third-order valence-electron chi connectivity index (χ3n) is 3.48. The Kier molecular flexibility index (Phi) is 4.32. The van der Waals surface area contributed by atoms with Crippen LogP contribution in [0.4, 0.5) is 5.69 Å². The topological polar surface area (TPSA) is 71.1 Å². The molecule has 2 fully saturated rings. The van der Waals surface area contributed by atoms with E-state index in [1.54, 1.807) is 12.3 Å². The number of aromatic nitrogens is 1. The zero-order valence-corrected chi connectivity index (χ0v) is 12.1. The van der Waals surface area contributed by atoms with Crippen LogP contribution in [0.1, 0.15) is 30.9 Å². The quantitative estimate of drug-likeness (QED) is 0.884. The van der Waals surface area contributed by atoms with E-state index < -0.39 is 10.0 Å². The molecule has 1 aromatic heterocycles. The Balaban J connectivity index is 0.00000133. The average Bonchev–Trinajstić information content (AvgIpc) is 3.06. The Bertz CT molecular complexity index is 540. The predicted octanol–water partition coefficient (Wildman–Crippen LogP) is 1.48. The van der Waals surface area contributed by atoms with Crippen LogP contribution in [0.2, 0.25) is 0 Å². The van der Waals surface area contributed by atoms with Gasteiger partial charge < -0.3 is 5.32 Å². The molecule has 0 bridgehead atoms. The molecule has 1 aromatic rings. The third-order valence-corrected chi connectivity index (χ3v) is 5.35. The molecule has 1 aliphatic heterocycles. The minimum atomic E-state index is -3.17. The zero-order chi connectivity index (χ0) is 12.6. The van der Waals surface area contributed by atoms with Crippen molar-refractivity contribution in [2.45, 2.75) is 30.4 Å². The lowest BCUT2D eigenvalue weighted by molar-refractivity contribution is 0.600. The molecule has 1 aliphatic carbocycles. The van der Waals surface area contributed by atoms with Crippen molar-refractivity contribution in [1.82, 2.24) is 10.3 Å². The maximum atomic E-state index is 11.9. The summed E-state index contributed by atoms with van der Waals surface area (Å²) in [7, 11) is -3.17. The molecular weight excluding hydrogens is 286 g/mol. The van der Waals surface area contributed by atoms with Gasteiger partial charge in [0, 0.05) is 24.4 Å². The van der Waals surface area contributed by atoms with E-state index in [1.165, 1.54) is 0 Å². The average molecular weight is 304 g/mol. The molecule has 0 amide bonds. The first kappa shape index (κ1) is 14.6. The number of hydrogen-bond acceptors (Lipinski definition) is 4. The highest BCUT2D eigenvalue weighted by molar-refractivity contribution is 7.93. The minimum Gasteiger partial charge on any atom is -0.316 e. The largest absolute Gasteiger partial charge is 0.316 e. The normalized spacial score (nSPS) is 22.8. The van der Waals surface area contributed by atoms with Crippen LogP contribution in [-0.4, -0.2) is 31.7 Å². The van der Waals surface area contributed by atoms with Crippen molar-refractivity contribution < 1.29 is 8.42 Å². The summed E-state index contributed by atoms with van der Waals surface area (Å²) >= 11 is 0. The first-order valence-electron chi connectivity index (χ1n) is 6.33. The molecule has 2 N–H and O–H groups in total. The van der Waals surface area contributed by atoms with E-state index in [2.05, 4.69) is 15.0 Å². The van der Waals surface area contributed by atoms with Crippen LogP contribution in [0.15, 0.2) is 18.3 Å². The van der Waals surface area contributed by atoms with Gasteiger partial charge in [-0.2, -0.15) is 0 Å². The van der Waals surface area contributed by atoms with E-state index in [0.717, 1.165) is 38.0 Å². The fourth-order valence-electron chi connectivity index (χ4n) is 2.27. The number of hydrogen-bond donors (Lipinski definition) is 2. The van der Waals surface area contributed by atoms with E-state index >= 15 is 0 Å². The van der Waals surface area contributed by atoms with E-state index in [4.69, 9.17) is 0 Å². The second kappa shape index (κ2) is 5.64. The van der Waals surface area contributed by atoms with Gasteiger partial charge in [0.2, 0.25) is 10.0 Å².